The Morgan fingerprint density at radius 2 is 1.61 bits per heavy atom. The van der Waals surface area contributed by atoms with Crippen LogP contribution in [0.5, 0.6) is 5.75 Å². The number of nitrogens with zero attached hydrogens (tertiary/aromatic N) is 2. The fraction of sp³-hybridized carbons (Fsp3) is 0.375. The third-order valence-electron chi connectivity index (χ3n) is 5.98. The monoisotopic (exact) mass is 468 g/mol. The summed E-state index contributed by atoms with van der Waals surface area (Å²) in [5.41, 5.74) is 1.42. The maximum absolute atomic E-state index is 13.2. The number of carbonyl (C=O) groups excluding carboxylic acids is 3. The molecule has 0 aromatic heterocycles. The highest BCUT2D eigenvalue weighted by Crippen LogP contribution is 2.28. The first-order chi connectivity index (χ1) is 16.0. The van der Waals surface area contributed by atoms with Gasteiger partial charge in [0.2, 0.25) is 11.8 Å². The molecule has 174 valence electrons. The van der Waals surface area contributed by atoms with Crippen molar-refractivity contribution in [2.45, 2.75) is 18.9 Å². The van der Waals surface area contributed by atoms with Crippen LogP contribution < -0.4 is 15.4 Å². The Morgan fingerprint density at radius 3 is 2.27 bits per heavy atom. The minimum absolute atomic E-state index is 0.00185. The van der Waals surface area contributed by atoms with Crippen LogP contribution in [0.4, 0.5) is 16.2 Å². The molecule has 0 bridgehead atoms. The number of rotatable bonds is 5. The molecule has 4 amide bonds. The van der Waals surface area contributed by atoms with E-state index in [1.165, 1.54) is 0 Å². The van der Waals surface area contributed by atoms with Crippen LogP contribution in [0.25, 0.3) is 0 Å². The molecule has 0 radical (unpaired) electrons. The lowest BCUT2D eigenvalue weighted by atomic mass is 9.95. The lowest BCUT2D eigenvalue weighted by molar-refractivity contribution is -0.140. The predicted molar refractivity (Wildman–Crippen MR) is 129 cm³/mol. The molecule has 2 aromatic carbocycles. The van der Waals surface area contributed by atoms with Crippen molar-refractivity contribution >= 4 is 41.0 Å². The Labute approximate surface area is 197 Å². The number of methoxy groups -OCH3 is 1. The van der Waals surface area contributed by atoms with E-state index in [0.29, 0.717) is 49.0 Å². The number of anilines is 2. The standard InChI is InChI=1S/C24H28N4O4S/c1-32-20-9-7-19(8-10-20)25-22(29)21-15-33-16-28(21)23(30)17-11-13-27(14-12-17)24(31)26-18-5-3-2-4-6-18/h2-10,17,21H,11-16H2,1H3,(H,25,29)(H,26,31). The zero-order chi connectivity index (χ0) is 23.2. The van der Waals surface area contributed by atoms with E-state index < -0.39 is 6.04 Å². The lowest BCUT2D eigenvalue weighted by Crippen LogP contribution is -2.49. The molecule has 2 fully saturated rings. The molecule has 2 aromatic rings. The zero-order valence-corrected chi connectivity index (χ0v) is 19.3. The molecule has 2 aliphatic heterocycles. The Morgan fingerprint density at radius 1 is 0.939 bits per heavy atom. The van der Waals surface area contributed by atoms with Crippen LogP contribution in [0.2, 0.25) is 0 Å². The smallest absolute Gasteiger partial charge is 0.321 e. The summed E-state index contributed by atoms with van der Waals surface area (Å²) in [6.07, 6.45) is 1.18. The van der Waals surface area contributed by atoms with E-state index in [1.807, 2.05) is 30.3 Å². The Hall–Kier alpha value is -3.20. The maximum atomic E-state index is 13.2. The van der Waals surface area contributed by atoms with E-state index in [1.54, 1.807) is 52.9 Å². The molecule has 2 N–H and O–H groups in total. The fourth-order valence-electron chi connectivity index (χ4n) is 4.07. The molecule has 1 atom stereocenters. The molecular formula is C24H28N4O4S. The molecule has 2 saturated heterocycles. The molecule has 8 nitrogen and oxygen atoms in total. The maximum Gasteiger partial charge on any atom is 0.321 e. The second-order valence-corrected chi connectivity index (χ2v) is 9.10. The van der Waals surface area contributed by atoms with Crippen LogP contribution in [0.3, 0.4) is 0 Å². The summed E-state index contributed by atoms with van der Waals surface area (Å²) < 4.78 is 5.14. The quantitative estimate of drug-likeness (QED) is 0.701. The number of piperidine rings is 1. The van der Waals surface area contributed by atoms with Gasteiger partial charge in [0.1, 0.15) is 11.8 Å². The Kier molecular flexibility index (Phi) is 7.39. The first-order valence-corrected chi connectivity index (χ1v) is 12.1. The van der Waals surface area contributed by atoms with Crippen molar-refractivity contribution < 1.29 is 19.1 Å². The number of hydrogen-bond donors (Lipinski definition) is 2. The second kappa shape index (κ2) is 10.6. The summed E-state index contributed by atoms with van der Waals surface area (Å²) in [5, 5.41) is 5.80. The van der Waals surface area contributed by atoms with E-state index in [-0.39, 0.29) is 23.8 Å². The van der Waals surface area contributed by atoms with E-state index in [2.05, 4.69) is 10.6 Å². The van der Waals surface area contributed by atoms with Gasteiger partial charge in [0, 0.05) is 36.1 Å². The van der Waals surface area contributed by atoms with Crippen molar-refractivity contribution in [2.24, 2.45) is 5.92 Å². The molecule has 2 aliphatic rings. The SMILES string of the molecule is COc1ccc(NC(=O)C2CSCN2C(=O)C2CCN(C(=O)Nc3ccccc3)CC2)cc1. The summed E-state index contributed by atoms with van der Waals surface area (Å²) >= 11 is 1.58. The number of thioether (sulfide) groups is 1. The molecule has 9 heteroatoms. The fourth-order valence-corrected chi connectivity index (χ4v) is 5.23. The van der Waals surface area contributed by atoms with Crippen LogP contribution in [0, 0.1) is 5.92 Å². The first kappa shape index (κ1) is 23.0. The zero-order valence-electron chi connectivity index (χ0n) is 18.5. The molecule has 2 heterocycles. The highest BCUT2D eigenvalue weighted by molar-refractivity contribution is 7.99. The predicted octanol–water partition coefficient (Wildman–Crippen LogP) is 3.48. The minimum Gasteiger partial charge on any atom is -0.497 e. The number of likely N-dealkylation sites (tertiary alicyclic amines) is 1. The largest absolute Gasteiger partial charge is 0.497 e. The number of nitrogens with one attached hydrogen (secondary N) is 2. The average Bonchev–Trinajstić information content (AvgIpc) is 3.35. The van der Waals surface area contributed by atoms with Gasteiger partial charge in [-0.25, -0.2) is 4.79 Å². The van der Waals surface area contributed by atoms with Crippen LogP contribution in [0.15, 0.2) is 54.6 Å². The molecule has 0 spiro atoms. The number of hydrogen-bond acceptors (Lipinski definition) is 5. The van der Waals surface area contributed by atoms with Gasteiger partial charge in [-0.1, -0.05) is 18.2 Å². The lowest BCUT2D eigenvalue weighted by Gasteiger charge is -2.34. The van der Waals surface area contributed by atoms with E-state index in [9.17, 15) is 14.4 Å². The van der Waals surface area contributed by atoms with Crippen molar-refractivity contribution in [3.8, 4) is 5.75 Å². The topological polar surface area (TPSA) is 91.0 Å². The molecule has 0 aliphatic carbocycles. The molecule has 33 heavy (non-hydrogen) atoms. The number of benzene rings is 2. The average molecular weight is 469 g/mol. The number of para-hydroxylation sites is 1. The van der Waals surface area contributed by atoms with E-state index in [4.69, 9.17) is 4.74 Å². The van der Waals surface area contributed by atoms with Crippen LogP contribution >= 0.6 is 11.8 Å². The highest BCUT2D eigenvalue weighted by Gasteiger charge is 2.39. The summed E-state index contributed by atoms with van der Waals surface area (Å²) in [5.74, 6) is 1.43. The van der Waals surface area contributed by atoms with Crippen molar-refractivity contribution in [2.75, 3.05) is 42.5 Å². The second-order valence-electron chi connectivity index (χ2n) is 8.10. The van der Waals surface area contributed by atoms with Crippen molar-refractivity contribution in [1.29, 1.82) is 0 Å². The summed E-state index contributed by atoms with van der Waals surface area (Å²) in [6.45, 7) is 1.03. The molecule has 4 rings (SSSR count). The van der Waals surface area contributed by atoms with Crippen LogP contribution in [-0.2, 0) is 9.59 Å². The van der Waals surface area contributed by atoms with Gasteiger partial charge >= 0.3 is 6.03 Å². The molecule has 1 unspecified atom stereocenters. The number of amides is 4. The van der Waals surface area contributed by atoms with Gasteiger partial charge < -0.3 is 25.2 Å². The first-order valence-electron chi connectivity index (χ1n) is 11.0. The third kappa shape index (κ3) is 5.60. The van der Waals surface area contributed by atoms with E-state index >= 15 is 0 Å². The minimum atomic E-state index is -0.496. The third-order valence-corrected chi connectivity index (χ3v) is 6.99. The van der Waals surface area contributed by atoms with Crippen molar-refractivity contribution in [3.63, 3.8) is 0 Å². The number of urea groups is 1. The van der Waals surface area contributed by atoms with Crippen LogP contribution in [0.1, 0.15) is 12.8 Å². The normalized spacial score (nSPS) is 18.6. The van der Waals surface area contributed by atoms with Gasteiger partial charge in [-0.2, -0.15) is 0 Å². The van der Waals surface area contributed by atoms with Gasteiger partial charge in [0.25, 0.3) is 0 Å². The van der Waals surface area contributed by atoms with Gasteiger partial charge in [-0.15, -0.1) is 11.8 Å². The van der Waals surface area contributed by atoms with Crippen molar-refractivity contribution in [1.82, 2.24) is 9.80 Å². The van der Waals surface area contributed by atoms with E-state index in [0.717, 1.165) is 5.69 Å². The summed E-state index contributed by atoms with van der Waals surface area (Å²) in [7, 11) is 1.59. The Bertz CT molecular complexity index is 978. The summed E-state index contributed by atoms with van der Waals surface area (Å²) in [4.78, 5) is 42.0. The van der Waals surface area contributed by atoms with Gasteiger partial charge in [-0.3, -0.25) is 9.59 Å². The van der Waals surface area contributed by atoms with Gasteiger partial charge in [-0.05, 0) is 49.2 Å². The van der Waals surface area contributed by atoms with Crippen molar-refractivity contribution in [3.05, 3.63) is 54.6 Å². The number of carbonyl (C=O) groups is 3. The number of ether oxygens (including phenoxy) is 1. The molecular weight excluding hydrogens is 440 g/mol. The van der Waals surface area contributed by atoms with Gasteiger partial charge in [0.15, 0.2) is 0 Å². The molecule has 0 saturated carbocycles. The summed E-state index contributed by atoms with van der Waals surface area (Å²) in [6, 6.07) is 15.8. The van der Waals surface area contributed by atoms with Gasteiger partial charge in [0.05, 0.1) is 13.0 Å². The highest BCUT2D eigenvalue weighted by atomic mass is 32.2. The Balaban J connectivity index is 1.30. The van der Waals surface area contributed by atoms with Crippen LogP contribution in [-0.4, -0.2) is 65.5 Å².